The molecule has 0 saturated carbocycles. The first kappa shape index (κ1) is 14.4. The second-order valence-electron chi connectivity index (χ2n) is 3.92. The zero-order chi connectivity index (χ0) is 13.4. The summed E-state index contributed by atoms with van der Waals surface area (Å²) < 4.78 is 0. The zero-order valence-corrected chi connectivity index (χ0v) is 10.2. The van der Waals surface area contributed by atoms with Gasteiger partial charge in [0.1, 0.15) is 0 Å². The van der Waals surface area contributed by atoms with E-state index in [1.54, 1.807) is 12.1 Å². The molecule has 6 heteroatoms. The number of nitrogens with zero attached hydrogens (tertiary/aromatic N) is 2. The van der Waals surface area contributed by atoms with Gasteiger partial charge in [-0.15, -0.1) is 0 Å². The number of aliphatic hydroxyl groups is 2. The van der Waals surface area contributed by atoms with Crippen LogP contribution in [0.1, 0.15) is 12.8 Å². The number of non-ortho nitro benzene ring substituents is 1. The molecular weight excluding hydrogens is 236 g/mol. The molecular formula is C12H18N2O4. The van der Waals surface area contributed by atoms with E-state index in [0.717, 1.165) is 5.69 Å². The van der Waals surface area contributed by atoms with Crippen molar-refractivity contribution in [3.8, 4) is 0 Å². The van der Waals surface area contributed by atoms with Gasteiger partial charge in [0.05, 0.1) is 4.92 Å². The van der Waals surface area contributed by atoms with E-state index in [-0.39, 0.29) is 18.9 Å². The molecule has 0 amide bonds. The highest BCUT2D eigenvalue weighted by molar-refractivity contribution is 5.53. The second-order valence-corrected chi connectivity index (χ2v) is 3.92. The molecule has 2 N–H and O–H groups in total. The van der Waals surface area contributed by atoms with E-state index >= 15 is 0 Å². The summed E-state index contributed by atoms with van der Waals surface area (Å²) in [6, 6.07) is 6.38. The number of hydrogen-bond acceptors (Lipinski definition) is 5. The van der Waals surface area contributed by atoms with Gasteiger partial charge in [-0.3, -0.25) is 10.1 Å². The topological polar surface area (TPSA) is 86.8 Å². The molecule has 0 saturated heterocycles. The van der Waals surface area contributed by atoms with Crippen molar-refractivity contribution in [3.05, 3.63) is 34.4 Å². The quantitative estimate of drug-likeness (QED) is 0.537. The molecule has 0 aliphatic heterocycles. The van der Waals surface area contributed by atoms with Gasteiger partial charge in [0.25, 0.3) is 5.69 Å². The van der Waals surface area contributed by atoms with E-state index in [0.29, 0.717) is 25.9 Å². The van der Waals surface area contributed by atoms with Crippen LogP contribution in [0.3, 0.4) is 0 Å². The molecule has 0 bridgehead atoms. The van der Waals surface area contributed by atoms with E-state index in [4.69, 9.17) is 10.2 Å². The minimum absolute atomic E-state index is 0.0468. The van der Waals surface area contributed by atoms with Crippen molar-refractivity contribution in [2.45, 2.75) is 12.8 Å². The molecule has 0 aliphatic rings. The van der Waals surface area contributed by atoms with Crippen LogP contribution in [0.5, 0.6) is 0 Å². The van der Waals surface area contributed by atoms with Crippen LogP contribution >= 0.6 is 0 Å². The van der Waals surface area contributed by atoms with Crippen LogP contribution in [0.4, 0.5) is 11.4 Å². The normalized spacial score (nSPS) is 10.3. The van der Waals surface area contributed by atoms with Gasteiger partial charge in [-0.25, -0.2) is 0 Å². The van der Waals surface area contributed by atoms with Crippen LogP contribution in [0.25, 0.3) is 0 Å². The molecule has 1 aromatic carbocycles. The monoisotopic (exact) mass is 254 g/mol. The minimum atomic E-state index is -0.431. The van der Waals surface area contributed by atoms with E-state index in [1.165, 1.54) is 12.1 Å². The average Bonchev–Trinajstić information content (AvgIpc) is 2.39. The van der Waals surface area contributed by atoms with Crippen molar-refractivity contribution in [1.29, 1.82) is 0 Å². The predicted octanol–water partition coefficient (Wildman–Crippen LogP) is 1.17. The third kappa shape index (κ3) is 4.31. The molecule has 1 aromatic rings. The highest BCUT2D eigenvalue weighted by atomic mass is 16.6. The summed E-state index contributed by atoms with van der Waals surface area (Å²) in [4.78, 5) is 12.2. The molecule has 0 heterocycles. The standard InChI is InChI=1S/C12H18N2O4/c15-8-2-6-13(7-3-9-16)11-4-1-5-12(10-11)14(17)18/h1,4-5,10,15-16H,2-3,6-9H2. The number of anilines is 1. The van der Waals surface area contributed by atoms with Crippen LogP contribution in [-0.2, 0) is 0 Å². The van der Waals surface area contributed by atoms with E-state index in [2.05, 4.69) is 0 Å². The van der Waals surface area contributed by atoms with Crippen molar-refractivity contribution >= 4 is 11.4 Å². The average molecular weight is 254 g/mol. The van der Waals surface area contributed by atoms with E-state index in [9.17, 15) is 10.1 Å². The van der Waals surface area contributed by atoms with Gasteiger partial charge in [0.15, 0.2) is 0 Å². The Kier molecular flexibility index (Phi) is 6.10. The molecule has 0 aromatic heterocycles. The lowest BCUT2D eigenvalue weighted by Crippen LogP contribution is -2.27. The van der Waals surface area contributed by atoms with Crippen LogP contribution < -0.4 is 4.90 Å². The van der Waals surface area contributed by atoms with Crippen LogP contribution in [0.2, 0.25) is 0 Å². The minimum Gasteiger partial charge on any atom is -0.396 e. The van der Waals surface area contributed by atoms with Crippen molar-refractivity contribution in [2.75, 3.05) is 31.2 Å². The van der Waals surface area contributed by atoms with E-state index in [1.807, 2.05) is 4.90 Å². The Balaban J connectivity index is 2.82. The molecule has 0 aliphatic carbocycles. The maximum atomic E-state index is 10.7. The summed E-state index contributed by atoms with van der Waals surface area (Å²) >= 11 is 0. The first-order valence-corrected chi connectivity index (χ1v) is 5.90. The SMILES string of the molecule is O=[N+]([O-])c1cccc(N(CCCO)CCCO)c1. The predicted molar refractivity (Wildman–Crippen MR) is 68.7 cm³/mol. The number of nitro groups is 1. The third-order valence-electron chi connectivity index (χ3n) is 2.58. The molecule has 18 heavy (non-hydrogen) atoms. The second kappa shape index (κ2) is 7.62. The van der Waals surface area contributed by atoms with Crippen molar-refractivity contribution in [3.63, 3.8) is 0 Å². The van der Waals surface area contributed by atoms with Crippen LogP contribution in [-0.4, -0.2) is 41.4 Å². The zero-order valence-electron chi connectivity index (χ0n) is 10.2. The Bertz CT molecular complexity index is 376. The first-order chi connectivity index (χ1) is 8.69. The summed E-state index contributed by atoms with van der Waals surface area (Å²) in [6.45, 7) is 1.37. The third-order valence-corrected chi connectivity index (χ3v) is 2.58. The largest absolute Gasteiger partial charge is 0.396 e. The molecule has 0 atom stereocenters. The maximum Gasteiger partial charge on any atom is 0.271 e. The van der Waals surface area contributed by atoms with Crippen LogP contribution in [0.15, 0.2) is 24.3 Å². The van der Waals surface area contributed by atoms with Gasteiger partial charge in [-0.2, -0.15) is 0 Å². The molecule has 0 unspecified atom stereocenters. The Morgan fingerprint density at radius 1 is 1.17 bits per heavy atom. The summed E-state index contributed by atoms with van der Waals surface area (Å²) in [6.07, 6.45) is 1.18. The maximum absolute atomic E-state index is 10.7. The molecule has 0 radical (unpaired) electrons. The molecule has 100 valence electrons. The lowest BCUT2D eigenvalue weighted by atomic mass is 10.2. The fourth-order valence-electron chi connectivity index (χ4n) is 1.70. The number of hydrogen-bond donors (Lipinski definition) is 2. The number of nitro benzene ring substituents is 1. The molecule has 1 rings (SSSR count). The van der Waals surface area contributed by atoms with Crippen molar-refractivity contribution in [1.82, 2.24) is 0 Å². The van der Waals surface area contributed by atoms with Gasteiger partial charge in [-0.05, 0) is 18.9 Å². The Hall–Kier alpha value is -1.66. The fraction of sp³-hybridized carbons (Fsp3) is 0.500. The lowest BCUT2D eigenvalue weighted by Gasteiger charge is -2.24. The van der Waals surface area contributed by atoms with Gasteiger partial charge >= 0.3 is 0 Å². The molecule has 0 fully saturated rings. The lowest BCUT2D eigenvalue weighted by molar-refractivity contribution is -0.384. The summed E-state index contributed by atoms with van der Waals surface area (Å²) in [5.41, 5.74) is 0.789. The summed E-state index contributed by atoms with van der Waals surface area (Å²) in [7, 11) is 0. The number of aliphatic hydroxyl groups excluding tert-OH is 2. The van der Waals surface area contributed by atoms with Gasteiger partial charge in [0, 0.05) is 44.1 Å². The van der Waals surface area contributed by atoms with Gasteiger partial charge in [-0.1, -0.05) is 6.07 Å². The van der Waals surface area contributed by atoms with Gasteiger partial charge in [0.2, 0.25) is 0 Å². The first-order valence-electron chi connectivity index (χ1n) is 5.90. The fourth-order valence-corrected chi connectivity index (χ4v) is 1.70. The summed E-state index contributed by atoms with van der Waals surface area (Å²) in [5.74, 6) is 0. The molecule has 0 spiro atoms. The smallest absolute Gasteiger partial charge is 0.271 e. The van der Waals surface area contributed by atoms with E-state index < -0.39 is 4.92 Å². The Labute approximate surface area is 106 Å². The van der Waals surface area contributed by atoms with Crippen molar-refractivity contribution in [2.24, 2.45) is 0 Å². The summed E-state index contributed by atoms with van der Waals surface area (Å²) in [5, 5.41) is 28.4. The van der Waals surface area contributed by atoms with Gasteiger partial charge < -0.3 is 15.1 Å². The number of benzene rings is 1. The highest BCUT2D eigenvalue weighted by Crippen LogP contribution is 2.21. The highest BCUT2D eigenvalue weighted by Gasteiger charge is 2.10. The van der Waals surface area contributed by atoms with Crippen molar-refractivity contribution < 1.29 is 15.1 Å². The number of rotatable bonds is 8. The molecule has 6 nitrogen and oxygen atoms in total. The van der Waals surface area contributed by atoms with Crippen LogP contribution in [0, 0.1) is 10.1 Å². The Morgan fingerprint density at radius 3 is 2.28 bits per heavy atom. The Morgan fingerprint density at radius 2 is 1.78 bits per heavy atom.